The van der Waals surface area contributed by atoms with Crippen molar-refractivity contribution in [1.82, 2.24) is 19.9 Å². The predicted octanol–water partition coefficient (Wildman–Crippen LogP) is 0.557. The number of fused-ring (bicyclic) bond motifs is 1. The Kier molecular flexibility index (Phi) is 3.89. The van der Waals surface area contributed by atoms with E-state index in [2.05, 4.69) is 29.7 Å². The van der Waals surface area contributed by atoms with Gasteiger partial charge in [-0.1, -0.05) is 0 Å². The van der Waals surface area contributed by atoms with Gasteiger partial charge in [0.2, 0.25) is 5.95 Å². The number of hydrogen-bond acceptors (Lipinski definition) is 8. The van der Waals surface area contributed by atoms with Gasteiger partial charge in [-0.2, -0.15) is 4.98 Å². The molecule has 1 fully saturated rings. The fourth-order valence-corrected chi connectivity index (χ4v) is 3.31. The summed E-state index contributed by atoms with van der Waals surface area (Å²) in [5.74, 6) is 2.20. The van der Waals surface area contributed by atoms with Gasteiger partial charge in [-0.05, 0) is 6.92 Å². The maximum absolute atomic E-state index is 5.81. The number of nitrogens with zero attached hydrogens (tertiary/aromatic N) is 6. The first-order valence-corrected chi connectivity index (χ1v) is 8.22. The molecule has 1 saturated heterocycles. The van der Waals surface area contributed by atoms with E-state index in [9.17, 15) is 0 Å². The first kappa shape index (κ1) is 15.1. The number of hydrogen-bond donors (Lipinski definition) is 1. The molecule has 126 valence electrons. The van der Waals surface area contributed by atoms with Crippen LogP contribution in [0.4, 0.5) is 17.6 Å². The quantitative estimate of drug-likeness (QED) is 0.855. The van der Waals surface area contributed by atoms with Crippen LogP contribution in [-0.4, -0.2) is 52.8 Å². The van der Waals surface area contributed by atoms with Crippen molar-refractivity contribution in [2.45, 2.75) is 19.9 Å². The lowest BCUT2D eigenvalue weighted by molar-refractivity contribution is 0.122. The molecule has 0 saturated carbocycles. The molecule has 2 N–H and O–H groups in total. The molecule has 24 heavy (non-hydrogen) atoms. The molecule has 0 atom stereocenters. The molecule has 2 aliphatic rings. The lowest BCUT2D eigenvalue weighted by Crippen LogP contribution is -2.39. The molecule has 2 aromatic rings. The Hall–Kier alpha value is -2.48. The Morgan fingerprint density at radius 1 is 1.08 bits per heavy atom. The SMILES string of the molecule is Cc1cc(N2CCc3ncnc(N4CCOCC4)c3C2)nc(N)n1. The molecule has 0 spiro atoms. The van der Waals surface area contributed by atoms with Crippen LogP contribution in [0, 0.1) is 6.92 Å². The van der Waals surface area contributed by atoms with Crippen LogP contribution in [0.15, 0.2) is 12.4 Å². The van der Waals surface area contributed by atoms with Crippen molar-refractivity contribution in [3.05, 3.63) is 29.3 Å². The van der Waals surface area contributed by atoms with Gasteiger partial charge in [0.25, 0.3) is 0 Å². The molecular weight excluding hydrogens is 306 g/mol. The van der Waals surface area contributed by atoms with Gasteiger partial charge in [0.15, 0.2) is 0 Å². The van der Waals surface area contributed by atoms with Gasteiger partial charge in [-0.15, -0.1) is 0 Å². The molecule has 0 radical (unpaired) electrons. The third kappa shape index (κ3) is 2.84. The molecule has 0 aromatic carbocycles. The minimum atomic E-state index is 0.313. The number of nitrogen functional groups attached to an aromatic ring is 1. The van der Waals surface area contributed by atoms with Crippen molar-refractivity contribution in [2.24, 2.45) is 0 Å². The van der Waals surface area contributed by atoms with E-state index in [0.717, 1.165) is 68.8 Å². The van der Waals surface area contributed by atoms with E-state index in [1.54, 1.807) is 6.33 Å². The average molecular weight is 327 g/mol. The zero-order valence-electron chi connectivity index (χ0n) is 13.8. The van der Waals surface area contributed by atoms with Crippen molar-refractivity contribution in [3.8, 4) is 0 Å². The zero-order valence-corrected chi connectivity index (χ0v) is 13.8. The fourth-order valence-electron chi connectivity index (χ4n) is 3.31. The van der Waals surface area contributed by atoms with Crippen molar-refractivity contribution >= 4 is 17.6 Å². The molecule has 2 aliphatic heterocycles. The highest BCUT2D eigenvalue weighted by Crippen LogP contribution is 2.28. The summed E-state index contributed by atoms with van der Waals surface area (Å²) in [6.45, 7) is 6.74. The van der Waals surface area contributed by atoms with Crippen LogP contribution in [0.2, 0.25) is 0 Å². The normalized spacial score (nSPS) is 17.7. The molecule has 4 heterocycles. The molecule has 2 aromatic heterocycles. The minimum absolute atomic E-state index is 0.313. The molecule has 0 bridgehead atoms. The average Bonchev–Trinajstić information content (AvgIpc) is 2.60. The summed E-state index contributed by atoms with van der Waals surface area (Å²) in [5.41, 5.74) is 9.00. The maximum Gasteiger partial charge on any atom is 0.222 e. The third-order valence-electron chi connectivity index (χ3n) is 4.47. The standard InChI is InChI=1S/C16H21N7O/c1-11-8-14(21-16(17)20-11)23-3-2-13-12(9-23)15(19-10-18-13)22-4-6-24-7-5-22/h8,10H,2-7,9H2,1H3,(H2,17,20,21). The second kappa shape index (κ2) is 6.20. The Bertz CT molecular complexity index is 725. The van der Waals surface area contributed by atoms with Gasteiger partial charge in [-0.25, -0.2) is 15.0 Å². The smallest absolute Gasteiger partial charge is 0.222 e. The van der Waals surface area contributed by atoms with E-state index in [1.807, 2.05) is 13.0 Å². The van der Waals surface area contributed by atoms with Gasteiger partial charge in [-0.3, -0.25) is 0 Å². The van der Waals surface area contributed by atoms with E-state index in [4.69, 9.17) is 10.5 Å². The topological polar surface area (TPSA) is 93.3 Å². The number of nitrogens with two attached hydrogens (primary N) is 1. The van der Waals surface area contributed by atoms with Crippen LogP contribution < -0.4 is 15.5 Å². The first-order valence-electron chi connectivity index (χ1n) is 8.22. The van der Waals surface area contributed by atoms with Crippen LogP contribution in [0.25, 0.3) is 0 Å². The van der Waals surface area contributed by atoms with Crippen LogP contribution in [0.1, 0.15) is 17.0 Å². The predicted molar refractivity (Wildman–Crippen MR) is 91.0 cm³/mol. The summed E-state index contributed by atoms with van der Waals surface area (Å²) in [7, 11) is 0. The van der Waals surface area contributed by atoms with E-state index in [1.165, 1.54) is 5.56 Å². The van der Waals surface area contributed by atoms with Gasteiger partial charge in [0.05, 0.1) is 18.9 Å². The van der Waals surface area contributed by atoms with E-state index in [0.29, 0.717) is 5.95 Å². The van der Waals surface area contributed by atoms with Gasteiger partial charge < -0.3 is 20.3 Å². The molecule has 0 aliphatic carbocycles. The second-order valence-electron chi connectivity index (χ2n) is 6.12. The van der Waals surface area contributed by atoms with Crippen LogP contribution in [0.3, 0.4) is 0 Å². The molecule has 8 heteroatoms. The second-order valence-corrected chi connectivity index (χ2v) is 6.12. The fraction of sp³-hybridized carbons (Fsp3) is 0.500. The molecule has 0 unspecified atom stereocenters. The summed E-state index contributed by atoms with van der Waals surface area (Å²) in [5, 5.41) is 0. The van der Waals surface area contributed by atoms with Crippen molar-refractivity contribution in [1.29, 1.82) is 0 Å². The largest absolute Gasteiger partial charge is 0.378 e. The van der Waals surface area contributed by atoms with Crippen molar-refractivity contribution < 1.29 is 4.74 Å². The van der Waals surface area contributed by atoms with Crippen LogP contribution in [-0.2, 0) is 17.7 Å². The number of rotatable bonds is 2. The lowest BCUT2D eigenvalue weighted by Gasteiger charge is -2.34. The van der Waals surface area contributed by atoms with E-state index < -0.39 is 0 Å². The minimum Gasteiger partial charge on any atom is -0.378 e. The Morgan fingerprint density at radius 3 is 2.71 bits per heavy atom. The van der Waals surface area contributed by atoms with Crippen LogP contribution in [0.5, 0.6) is 0 Å². The van der Waals surface area contributed by atoms with Crippen molar-refractivity contribution in [2.75, 3.05) is 48.4 Å². The zero-order chi connectivity index (χ0) is 16.5. The number of aryl methyl sites for hydroxylation is 1. The summed E-state index contributed by atoms with van der Waals surface area (Å²) in [4.78, 5) is 22.1. The number of aromatic nitrogens is 4. The highest BCUT2D eigenvalue weighted by molar-refractivity contribution is 5.54. The molecule has 0 amide bonds. The van der Waals surface area contributed by atoms with Gasteiger partial charge in [0, 0.05) is 49.9 Å². The monoisotopic (exact) mass is 327 g/mol. The van der Waals surface area contributed by atoms with Crippen LogP contribution >= 0.6 is 0 Å². The highest BCUT2D eigenvalue weighted by atomic mass is 16.5. The molecule has 4 rings (SSSR count). The summed E-state index contributed by atoms with van der Waals surface area (Å²) in [6, 6.07) is 1.97. The van der Waals surface area contributed by atoms with E-state index in [-0.39, 0.29) is 0 Å². The lowest BCUT2D eigenvalue weighted by atomic mass is 10.1. The van der Waals surface area contributed by atoms with E-state index >= 15 is 0 Å². The third-order valence-corrected chi connectivity index (χ3v) is 4.47. The summed E-state index contributed by atoms with van der Waals surface area (Å²) in [6.07, 6.45) is 2.55. The van der Waals surface area contributed by atoms with Crippen molar-refractivity contribution in [3.63, 3.8) is 0 Å². The number of ether oxygens (including phenoxy) is 1. The number of morpholine rings is 1. The highest BCUT2D eigenvalue weighted by Gasteiger charge is 2.25. The van der Waals surface area contributed by atoms with Gasteiger partial charge in [0.1, 0.15) is 18.0 Å². The summed E-state index contributed by atoms with van der Waals surface area (Å²) >= 11 is 0. The Morgan fingerprint density at radius 2 is 1.92 bits per heavy atom. The summed E-state index contributed by atoms with van der Waals surface area (Å²) < 4.78 is 5.46. The van der Waals surface area contributed by atoms with Gasteiger partial charge >= 0.3 is 0 Å². The first-order chi connectivity index (χ1) is 11.7. The molecular formula is C16H21N7O. The molecule has 8 nitrogen and oxygen atoms in total. The maximum atomic E-state index is 5.81. The Balaban J connectivity index is 1.66. The Labute approximate surface area is 140 Å². The number of anilines is 3.